The Balaban J connectivity index is 3.96. The Morgan fingerprint density at radius 1 is 1.91 bits per heavy atom. The maximum absolute atomic E-state index is 10.5. The highest BCUT2D eigenvalue weighted by Gasteiger charge is 2.06. The van der Waals surface area contributed by atoms with Crippen LogP contribution in [0.3, 0.4) is 0 Å². The fraction of sp³-hybridized carbons (Fsp3) is 0.429. The lowest BCUT2D eigenvalue weighted by molar-refractivity contribution is -0.142. The summed E-state index contributed by atoms with van der Waals surface area (Å²) < 4.78 is 4.60. The van der Waals surface area contributed by atoms with Crippen LogP contribution >= 0.6 is 0 Å². The van der Waals surface area contributed by atoms with Gasteiger partial charge in [-0.05, 0) is 0 Å². The van der Waals surface area contributed by atoms with Gasteiger partial charge in [0.1, 0.15) is 0 Å². The van der Waals surface area contributed by atoms with Crippen molar-refractivity contribution in [2.75, 3.05) is 0 Å². The van der Waals surface area contributed by atoms with Crippen LogP contribution in [-0.4, -0.2) is 18.3 Å². The van der Waals surface area contributed by atoms with Crippen LogP contribution in [0.15, 0.2) is 17.6 Å². The van der Waals surface area contributed by atoms with E-state index in [1.165, 1.54) is 6.08 Å². The van der Waals surface area contributed by atoms with E-state index in [0.717, 1.165) is 6.08 Å². The van der Waals surface area contributed by atoms with Gasteiger partial charge in [0.05, 0.1) is 0 Å². The molecule has 0 amide bonds. The molecule has 11 heavy (non-hydrogen) atoms. The number of hydrogen-bond donors (Lipinski definition) is 0. The molecular formula is C7H9NO3. The molecule has 1 atom stereocenters. The summed E-state index contributed by atoms with van der Waals surface area (Å²) in [5.41, 5.74) is 0. The Morgan fingerprint density at radius 3 is 2.91 bits per heavy atom. The van der Waals surface area contributed by atoms with Crippen molar-refractivity contribution in [1.29, 1.82) is 0 Å². The summed E-state index contributed by atoms with van der Waals surface area (Å²) in [5.74, 6) is -0.587. The van der Waals surface area contributed by atoms with Gasteiger partial charge in [-0.25, -0.2) is 9.59 Å². The predicted octanol–water partition coefficient (Wildman–Crippen LogP) is 0.787. The van der Waals surface area contributed by atoms with Gasteiger partial charge >= 0.3 is 5.97 Å². The normalized spacial score (nSPS) is 11.0. The highest BCUT2D eigenvalue weighted by molar-refractivity contribution is 5.81. The molecule has 0 rings (SSSR count). The zero-order valence-corrected chi connectivity index (χ0v) is 6.24. The Hall–Kier alpha value is -1.41. The Labute approximate surface area is 64.6 Å². The molecule has 0 fully saturated rings. The van der Waals surface area contributed by atoms with Crippen LogP contribution in [0, 0.1) is 0 Å². The number of aliphatic imine (C=N–C) groups is 1. The summed E-state index contributed by atoms with van der Waals surface area (Å²) >= 11 is 0. The number of nitrogens with zero attached hydrogens (tertiary/aromatic N) is 1. The van der Waals surface area contributed by atoms with Crippen LogP contribution < -0.4 is 0 Å². The minimum Gasteiger partial charge on any atom is -0.436 e. The predicted molar refractivity (Wildman–Crippen MR) is 38.5 cm³/mol. The van der Waals surface area contributed by atoms with Crippen LogP contribution in [0.25, 0.3) is 0 Å². The van der Waals surface area contributed by atoms with E-state index in [1.54, 1.807) is 6.92 Å². The number of ether oxygens (including phenoxy) is 1. The third-order valence-corrected chi connectivity index (χ3v) is 0.965. The third kappa shape index (κ3) is 4.06. The van der Waals surface area contributed by atoms with Gasteiger partial charge in [0.15, 0.2) is 0 Å². The number of carbonyl (C=O) groups is 1. The van der Waals surface area contributed by atoms with Gasteiger partial charge < -0.3 is 4.74 Å². The molecule has 0 bridgehead atoms. The molecule has 0 saturated heterocycles. The molecule has 0 aliphatic rings. The molecule has 0 aliphatic heterocycles. The monoisotopic (exact) mass is 155 g/mol. The molecule has 60 valence electrons. The molecule has 0 heterocycles. The first-order valence-corrected chi connectivity index (χ1v) is 3.14. The molecule has 0 spiro atoms. The van der Waals surface area contributed by atoms with Crippen LogP contribution in [0.1, 0.15) is 13.3 Å². The highest BCUT2D eigenvalue weighted by Crippen LogP contribution is 1.98. The van der Waals surface area contributed by atoms with Crippen molar-refractivity contribution in [1.82, 2.24) is 0 Å². The highest BCUT2D eigenvalue weighted by atomic mass is 16.6. The SMILES string of the molecule is C=CC(=O)OC(CC)N=C=O. The minimum atomic E-state index is -0.724. The van der Waals surface area contributed by atoms with Gasteiger partial charge in [0, 0.05) is 12.5 Å². The molecule has 4 nitrogen and oxygen atoms in total. The van der Waals surface area contributed by atoms with E-state index in [2.05, 4.69) is 16.3 Å². The van der Waals surface area contributed by atoms with E-state index < -0.39 is 12.2 Å². The molecular weight excluding hydrogens is 146 g/mol. The lowest BCUT2D eigenvalue weighted by Gasteiger charge is -2.06. The molecule has 0 aliphatic carbocycles. The van der Waals surface area contributed by atoms with Crippen molar-refractivity contribution in [2.24, 2.45) is 4.99 Å². The topological polar surface area (TPSA) is 55.7 Å². The summed E-state index contributed by atoms with van der Waals surface area (Å²) in [6.45, 7) is 4.93. The first-order valence-electron chi connectivity index (χ1n) is 3.14. The standard InChI is InChI=1S/C7H9NO3/c1-3-6(8-5-9)11-7(10)4-2/h4,6H,2-3H2,1H3. The Bertz CT molecular complexity index is 194. The average molecular weight is 155 g/mol. The summed E-state index contributed by atoms with van der Waals surface area (Å²) in [6.07, 6.45) is 2.06. The van der Waals surface area contributed by atoms with Crippen molar-refractivity contribution in [3.8, 4) is 0 Å². The quantitative estimate of drug-likeness (QED) is 0.261. The Kier molecular flexibility index (Phi) is 4.69. The van der Waals surface area contributed by atoms with Crippen molar-refractivity contribution in [3.05, 3.63) is 12.7 Å². The van der Waals surface area contributed by atoms with Crippen molar-refractivity contribution in [2.45, 2.75) is 19.6 Å². The van der Waals surface area contributed by atoms with E-state index >= 15 is 0 Å². The van der Waals surface area contributed by atoms with Gasteiger partial charge in [-0.1, -0.05) is 13.5 Å². The van der Waals surface area contributed by atoms with Crippen LogP contribution in [0.2, 0.25) is 0 Å². The molecule has 0 saturated carbocycles. The largest absolute Gasteiger partial charge is 0.436 e. The lowest BCUT2D eigenvalue weighted by Crippen LogP contribution is -2.12. The summed E-state index contributed by atoms with van der Waals surface area (Å²) in [4.78, 5) is 23.5. The number of hydrogen-bond acceptors (Lipinski definition) is 4. The van der Waals surface area contributed by atoms with E-state index in [0.29, 0.717) is 6.42 Å². The number of carbonyl (C=O) groups excluding carboxylic acids is 2. The van der Waals surface area contributed by atoms with Crippen LogP contribution in [0.5, 0.6) is 0 Å². The lowest BCUT2D eigenvalue weighted by atomic mass is 10.4. The second-order valence-electron chi connectivity index (χ2n) is 1.72. The second-order valence-corrected chi connectivity index (χ2v) is 1.72. The van der Waals surface area contributed by atoms with Crippen LogP contribution in [-0.2, 0) is 14.3 Å². The van der Waals surface area contributed by atoms with E-state index in [1.807, 2.05) is 0 Å². The molecule has 0 radical (unpaired) electrons. The Morgan fingerprint density at radius 2 is 2.55 bits per heavy atom. The molecule has 0 N–H and O–H groups in total. The van der Waals surface area contributed by atoms with Gasteiger partial charge in [-0.3, -0.25) is 0 Å². The van der Waals surface area contributed by atoms with E-state index in [4.69, 9.17) is 0 Å². The first kappa shape index (κ1) is 9.59. The zero-order chi connectivity index (χ0) is 8.69. The maximum Gasteiger partial charge on any atom is 0.332 e. The molecule has 4 heteroatoms. The molecule has 0 aromatic rings. The van der Waals surface area contributed by atoms with Crippen molar-refractivity contribution in [3.63, 3.8) is 0 Å². The number of rotatable bonds is 4. The van der Waals surface area contributed by atoms with Gasteiger partial charge in [-0.2, -0.15) is 4.99 Å². The number of isocyanates is 1. The molecule has 0 aromatic carbocycles. The minimum absolute atomic E-state index is 0.453. The fourth-order valence-corrected chi connectivity index (χ4v) is 0.442. The smallest absolute Gasteiger partial charge is 0.332 e. The van der Waals surface area contributed by atoms with Gasteiger partial charge in [0.2, 0.25) is 12.3 Å². The third-order valence-electron chi connectivity index (χ3n) is 0.965. The second kappa shape index (κ2) is 5.38. The summed E-state index contributed by atoms with van der Waals surface area (Å²) in [5, 5.41) is 0. The average Bonchev–Trinajstić information content (AvgIpc) is 2.03. The van der Waals surface area contributed by atoms with Gasteiger partial charge in [0.25, 0.3) is 0 Å². The van der Waals surface area contributed by atoms with E-state index in [-0.39, 0.29) is 0 Å². The molecule has 1 unspecified atom stereocenters. The zero-order valence-electron chi connectivity index (χ0n) is 6.24. The van der Waals surface area contributed by atoms with Crippen LogP contribution in [0.4, 0.5) is 0 Å². The van der Waals surface area contributed by atoms with Gasteiger partial charge in [-0.15, -0.1) is 0 Å². The maximum atomic E-state index is 10.5. The first-order chi connectivity index (χ1) is 5.24. The van der Waals surface area contributed by atoms with E-state index in [9.17, 15) is 9.59 Å². The summed E-state index contributed by atoms with van der Waals surface area (Å²) in [7, 11) is 0. The summed E-state index contributed by atoms with van der Waals surface area (Å²) in [6, 6.07) is 0. The molecule has 0 aromatic heterocycles. The number of esters is 1. The fourth-order valence-electron chi connectivity index (χ4n) is 0.442. The van der Waals surface area contributed by atoms with Crippen molar-refractivity contribution >= 4 is 12.0 Å². The van der Waals surface area contributed by atoms with Crippen molar-refractivity contribution < 1.29 is 14.3 Å².